The topological polar surface area (TPSA) is 43.7 Å². The molecule has 1 fully saturated rings. The first-order valence-electron chi connectivity index (χ1n) is 6.36. The van der Waals surface area contributed by atoms with E-state index in [4.69, 9.17) is 0 Å². The second-order valence-electron chi connectivity index (χ2n) is 5.09. The first-order valence-corrected chi connectivity index (χ1v) is 6.36. The minimum atomic E-state index is -0.0372. The van der Waals surface area contributed by atoms with Crippen LogP contribution in [0.2, 0.25) is 0 Å². The Morgan fingerprint density at radius 2 is 2.00 bits per heavy atom. The number of phenols is 2. The third kappa shape index (κ3) is 2.55. The minimum Gasteiger partial charge on any atom is -0.504 e. The fraction of sp³-hybridized carbons (Fsp3) is 0.571. The highest BCUT2D eigenvalue weighted by Crippen LogP contribution is 2.36. The molecule has 2 atom stereocenters. The Balaban J connectivity index is 2.14. The van der Waals surface area contributed by atoms with E-state index in [1.54, 1.807) is 12.1 Å². The molecule has 2 N–H and O–H groups in total. The summed E-state index contributed by atoms with van der Waals surface area (Å²) in [5, 5.41) is 18.9. The third-order valence-corrected chi connectivity index (χ3v) is 3.66. The molecule has 94 valence electrons. The lowest BCUT2D eigenvalue weighted by Crippen LogP contribution is -2.21. The second-order valence-corrected chi connectivity index (χ2v) is 5.09. The summed E-state index contributed by atoms with van der Waals surface area (Å²) in [5.41, 5.74) is 1.13. The molecule has 1 heterocycles. The van der Waals surface area contributed by atoms with Gasteiger partial charge in [0.2, 0.25) is 0 Å². The van der Waals surface area contributed by atoms with Crippen molar-refractivity contribution < 1.29 is 10.2 Å². The lowest BCUT2D eigenvalue weighted by Gasteiger charge is -2.16. The molecular formula is C14H21NO2. The molecule has 1 saturated heterocycles. The van der Waals surface area contributed by atoms with Gasteiger partial charge in [-0.1, -0.05) is 19.9 Å². The zero-order valence-electron chi connectivity index (χ0n) is 10.6. The maximum atomic E-state index is 9.55. The highest BCUT2D eigenvalue weighted by atomic mass is 16.3. The highest BCUT2D eigenvalue weighted by molar-refractivity contribution is 5.42. The third-order valence-electron chi connectivity index (χ3n) is 3.66. The van der Waals surface area contributed by atoms with E-state index in [9.17, 15) is 10.2 Å². The summed E-state index contributed by atoms with van der Waals surface area (Å²) < 4.78 is 0. The van der Waals surface area contributed by atoms with Gasteiger partial charge in [0, 0.05) is 19.0 Å². The van der Waals surface area contributed by atoms with Crippen LogP contribution in [-0.2, 0) is 0 Å². The van der Waals surface area contributed by atoms with Crippen molar-refractivity contribution in [1.29, 1.82) is 0 Å². The number of rotatable bonds is 3. The van der Waals surface area contributed by atoms with Gasteiger partial charge in [-0.2, -0.15) is 0 Å². The van der Waals surface area contributed by atoms with E-state index < -0.39 is 0 Å². The molecule has 0 amide bonds. The van der Waals surface area contributed by atoms with E-state index in [1.807, 2.05) is 6.07 Å². The molecule has 0 bridgehead atoms. The molecule has 3 heteroatoms. The zero-order valence-corrected chi connectivity index (χ0v) is 10.6. The lowest BCUT2D eigenvalue weighted by molar-refractivity contribution is 0.327. The normalized spacial score (nSPS) is 25.3. The standard InChI is InChI=1S/C14H21NO2/c1-3-6-15-8-10(2)12(9-15)11-4-5-13(16)14(17)7-11/h4-5,7,10,12,16-17H,3,6,8-9H2,1-2H3. The number of aromatic hydroxyl groups is 2. The summed E-state index contributed by atoms with van der Waals surface area (Å²) in [4.78, 5) is 2.47. The van der Waals surface area contributed by atoms with Crippen molar-refractivity contribution >= 4 is 0 Å². The van der Waals surface area contributed by atoms with Gasteiger partial charge in [0.1, 0.15) is 0 Å². The fourth-order valence-corrected chi connectivity index (χ4v) is 2.77. The van der Waals surface area contributed by atoms with Gasteiger partial charge >= 0.3 is 0 Å². The molecule has 0 saturated carbocycles. The summed E-state index contributed by atoms with van der Waals surface area (Å²) >= 11 is 0. The van der Waals surface area contributed by atoms with Crippen molar-refractivity contribution in [2.75, 3.05) is 19.6 Å². The summed E-state index contributed by atoms with van der Waals surface area (Å²) in [5.74, 6) is 1.02. The maximum absolute atomic E-state index is 9.55. The van der Waals surface area contributed by atoms with Gasteiger partial charge in [0.15, 0.2) is 11.5 Å². The fourth-order valence-electron chi connectivity index (χ4n) is 2.77. The van der Waals surface area contributed by atoms with Crippen LogP contribution in [0.1, 0.15) is 31.7 Å². The molecule has 2 unspecified atom stereocenters. The van der Waals surface area contributed by atoms with Crippen LogP contribution in [-0.4, -0.2) is 34.7 Å². The van der Waals surface area contributed by atoms with E-state index in [0.717, 1.165) is 25.2 Å². The summed E-state index contributed by atoms with van der Waals surface area (Å²) in [6, 6.07) is 5.21. The zero-order chi connectivity index (χ0) is 12.4. The monoisotopic (exact) mass is 235 g/mol. The Kier molecular flexibility index (Phi) is 3.57. The molecule has 0 spiro atoms. The van der Waals surface area contributed by atoms with Crippen LogP contribution < -0.4 is 0 Å². The number of phenolic OH excluding ortho intramolecular Hbond substituents is 2. The minimum absolute atomic E-state index is 0.0105. The van der Waals surface area contributed by atoms with Gasteiger partial charge < -0.3 is 15.1 Å². The van der Waals surface area contributed by atoms with Gasteiger partial charge in [0.25, 0.3) is 0 Å². The summed E-state index contributed by atoms with van der Waals surface area (Å²) in [6.07, 6.45) is 1.18. The maximum Gasteiger partial charge on any atom is 0.157 e. The van der Waals surface area contributed by atoms with Crippen LogP contribution >= 0.6 is 0 Å². The largest absolute Gasteiger partial charge is 0.504 e. The summed E-state index contributed by atoms with van der Waals surface area (Å²) in [6.45, 7) is 7.78. The molecule has 0 radical (unpaired) electrons. The number of benzene rings is 1. The van der Waals surface area contributed by atoms with Crippen LogP contribution in [0.25, 0.3) is 0 Å². The van der Waals surface area contributed by atoms with Crippen LogP contribution in [0.4, 0.5) is 0 Å². The van der Waals surface area contributed by atoms with Crippen LogP contribution in [0, 0.1) is 5.92 Å². The number of likely N-dealkylation sites (tertiary alicyclic amines) is 1. The van der Waals surface area contributed by atoms with Crippen molar-refractivity contribution in [3.63, 3.8) is 0 Å². The molecule has 17 heavy (non-hydrogen) atoms. The van der Waals surface area contributed by atoms with Gasteiger partial charge in [0.05, 0.1) is 0 Å². The lowest BCUT2D eigenvalue weighted by atomic mass is 9.90. The van der Waals surface area contributed by atoms with Gasteiger partial charge in [-0.3, -0.25) is 0 Å². The molecule has 1 aliphatic heterocycles. The number of nitrogens with zero attached hydrogens (tertiary/aromatic N) is 1. The molecule has 1 aromatic rings. The average Bonchev–Trinajstić information content (AvgIpc) is 2.64. The Labute approximate surface area is 103 Å². The van der Waals surface area contributed by atoms with Crippen molar-refractivity contribution in [2.24, 2.45) is 5.92 Å². The smallest absolute Gasteiger partial charge is 0.157 e. The Hall–Kier alpha value is -1.22. The van der Waals surface area contributed by atoms with Gasteiger partial charge in [-0.15, -0.1) is 0 Å². The number of hydrogen-bond donors (Lipinski definition) is 2. The van der Waals surface area contributed by atoms with E-state index in [-0.39, 0.29) is 11.5 Å². The SMILES string of the molecule is CCCN1CC(C)C(c2ccc(O)c(O)c2)C1. The van der Waals surface area contributed by atoms with Crippen molar-refractivity contribution in [3.05, 3.63) is 23.8 Å². The Bertz CT molecular complexity index is 392. The number of hydrogen-bond acceptors (Lipinski definition) is 3. The summed E-state index contributed by atoms with van der Waals surface area (Å²) in [7, 11) is 0. The predicted molar refractivity (Wildman–Crippen MR) is 68.4 cm³/mol. The van der Waals surface area contributed by atoms with Crippen LogP contribution in [0.3, 0.4) is 0 Å². The van der Waals surface area contributed by atoms with Gasteiger partial charge in [-0.25, -0.2) is 0 Å². The first-order chi connectivity index (χ1) is 8.11. The highest BCUT2D eigenvalue weighted by Gasteiger charge is 2.30. The van der Waals surface area contributed by atoms with Crippen molar-refractivity contribution in [2.45, 2.75) is 26.2 Å². The Morgan fingerprint density at radius 3 is 2.65 bits per heavy atom. The van der Waals surface area contributed by atoms with Crippen molar-refractivity contribution in [1.82, 2.24) is 4.90 Å². The van der Waals surface area contributed by atoms with Crippen molar-refractivity contribution in [3.8, 4) is 11.5 Å². The molecule has 2 rings (SSSR count). The quantitative estimate of drug-likeness (QED) is 0.791. The van der Waals surface area contributed by atoms with E-state index >= 15 is 0 Å². The van der Waals surface area contributed by atoms with Crippen LogP contribution in [0.15, 0.2) is 18.2 Å². The van der Waals surface area contributed by atoms with Crippen LogP contribution in [0.5, 0.6) is 11.5 Å². The van der Waals surface area contributed by atoms with Gasteiger partial charge in [-0.05, 0) is 36.6 Å². The molecule has 1 aromatic carbocycles. The second kappa shape index (κ2) is 4.96. The molecule has 1 aliphatic rings. The van der Waals surface area contributed by atoms with E-state index in [0.29, 0.717) is 11.8 Å². The predicted octanol–water partition coefficient (Wildman–Crippen LogP) is 2.54. The van der Waals surface area contributed by atoms with E-state index in [1.165, 1.54) is 6.42 Å². The Morgan fingerprint density at radius 1 is 1.24 bits per heavy atom. The molecule has 0 aliphatic carbocycles. The molecule has 0 aromatic heterocycles. The average molecular weight is 235 g/mol. The molecule has 3 nitrogen and oxygen atoms in total. The first kappa shape index (κ1) is 12.2. The van der Waals surface area contributed by atoms with E-state index in [2.05, 4.69) is 18.7 Å². The molecular weight excluding hydrogens is 214 g/mol.